The van der Waals surface area contributed by atoms with Crippen LogP contribution in [0.2, 0.25) is 0 Å². The average Bonchev–Trinajstić information content (AvgIpc) is 2.80. The van der Waals surface area contributed by atoms with Crippen molar-refractivity contribution in [1.29, 1.82) is 0 Å². The van der Waals surface area contributed by atoms with Gasteiger partial charge in [0.25, 0.3) is 0 Å². The monoisotopic (exact) mass is 178 g/mol. The van der Waals surface area contributed by atoms with E-state index in [1.807, 2.05) is 0 Å². The highest BCUT2D eigenvalue weighted by Gasteiger charge is 2.30. The highest BCUT2D eigenvalue weighted by molar-refractivity contribution is 5.00. The number of rotatable bonds is 3. The fourth-order valence-corrected chi connectivity index (χ4v) is 1.79. The van der Waals surface area contributed by atoms with Gasteiger partial charge in [0.15, 0.2) is 0 Å². The molecule has 3 rings (SSSR count). The van der Waals surface area contributed by atoms with Gasteiger partial charge in [0, 0.05) is 12.3 Å². The summed E-state index contributed by atoms with van der Waals surface area (Å²) in [5, 5.41) is 8.16. The van der Waals surface area contributed by atoms with Gasteiger partial charge in [0.1, 0.15) is 0 Å². The Kier molecular flexibility index (Phi) is 1.64. The van der Waals surface area contributed by atoms with Crippen molar-refractivity contribution in [3.05, 3.63) is 11.8 Å². The first-order valence-electron chi connectivity index (χ1n) is 5.24. The van der Waals surface area contributed by atoms with Gasteiger partial charge in [-0.15, -0.1) is 10.2 Å². The Bertz CT molecular complexity index is 300. The van der Waals surface area contributed by atoms with Crippen LogP contribution >= 0.6 is 0 Å². The predicted molar refractivity (Wildman–Crippen MR) is 47.3 cm³/mol. The lowest BCUT2D eigenvalue weighted by molar-refractivity contribution is 0.287. The summed E-state index contributed by atoms with van der Waals surface area (Å²) >= 11 is 0. The van der Waals surface area contributed by atoms with E-state index in [9.17, 15) is 0 Å². The molecule has 0 amide bonds. The van der Waals surface area contributed by atoms with E-state index in [2.05, 4.69) is 10.2 Å². The molecule has 1 heterocycles. The largest absolute Gasteiger partial charge is 0.425 e. The molecule has 1 aromatic heterocycles. The maximum absolute atomic E-state index is 5.59. The lowest BCUT2D eigenvalue weighted by atomic mass is 9.83. The van der Waals surface area contributed by atoms with Gasteiger partial charge in [-0.2, -0.15) is 0 Å². The first kappa shape index (κ1) is 7.54. The van der Waals surface area contributed by atoms with Gasteiger partial charge >= 0.3 is 0 Å². The highest BCUT2D eigenvalue weighted by Crippen LogP contribution is 2.39. The molecule has 0 atom stereocenters. The maximum atomic E-state index is 5.59. The molecule has 0 aliphatic heterocycles. The van der Waals surface area contributed by atoms with Gasteiger partial charge in [-0.25, -0.2) is 0 Å². The van der Waals surface area contributed by atoms with Crippen LogP contribution in [0.3, 0.4) is 0 Å². The van der Waals surface area contributed by atoms with Crippen LogP contribution in [0, 0.1) is 5.92 Å². The molecule has 13 heavy (non-hydrogen) atoms. The number of nitrogens with zero attached hydrogens (tertiary/aromatic N) is 2. The minimum Gasteiger partial charge on any atom is -0.425 e. The van der Waals surface area contributed by atoms with Crippen molar-refractivity contribution < 1.29 is 4.42 Å². The second kappa shape index (κ2) is 2.82. The zero-order chi connectivity index (χ0) is 8.67. The lowest BCUT2D eigenvalue weighted by Crippen LogP contribution is -2.13. The summed E-state index contributed by atoms with van der Waals surface area (Å²) in [5.74, 6) is 3.18. The normalized spacial score (nSPS) is 23.1. The van der Waals surface area contributed by atoms with Crippen molar-refractivity contribution >= 4 is 0 Å². The van der Waals surface area contributed by atoms with Crippen LogP contribution < -0.4 is 0 Å². The summed E-state index contributed by atoms with van der Waals surface area (Å²) in [7, 11) is 0. The van der Waals surface area contributed by atoms with Crippen LogP contribution in [-0.4, -0.2) is 10.2 Å². The minimum atomic E-state index is 0.600. The molecule has 0 radical (unpaired) electrons. The molecule has 3 nitrogen and oxygen atoms in total. The molecular formula is C10H14N2O. The molecule has 1 aromatic rings. The Hall–Kier alpha value is -0.860. The zero-order valence-electron chi connectivity index (χ0n) is 7.70. The van der Waals surface area contributed by atoms with E-state index in [1.54, 1.807) is 0 Å². The van der Waals surface area contributed by atoms with E-state index in [0.29, 0.717) is 5.92 Å². The molecule has 2 aliphatic rings. The van der Waals surface area contributed by atoms with Gasteiger partial charge < -0.3 is 4.42 Å². The molecule has 3 heteroatoms. The summed E-state index contributed by atoms with van der Waals surface area (Å²) in [6.45, 7) is 0. The highest BCUT2D eigenvalue weighted by atomic mass is 16.4. The quantitative estimate of drug-likeness (QED) is 0.712. The Labute approximate surface area is 77.5 Å². The van der Waals surface area contributed by atoms with Crippen molar-refractivity contribution in [1.82, 2.24) is 10.2 Å². The van der Waals surface area contributed by atoms with Crippen molar-refractivity contribution in [2.24, 2.45) is 5.92 Å². The lowest BCUT2D eigenvalue weighted by Gasteiger charge is -2.23. The van der Waals surface area contributed by atoms with Crippen molar-refractivity contribution in [3.8, 4) is 0 Å². The third kappa shape index (κ3) is 1.47. The van der Waals surface area contributed by atoms with Gasteiger partial charge in [0.05, 0.1) is 0 Å². The van der Waals surface area contributed by atoms with Crippen LogP contribution in [0.15, 0.2) is 4.42 Å². The molecule has 2 fully saturated rings. The fourth-order valence-electron chi connectivity index (χ4n) is 1.79. The van der Waals surface area contributed by atoms with E-state index in [4.69, 9.17) is 4.42 Å². The van der Waals surface area contributed by atoms with Gasteiger partial charge in [-0.05, 0) is 31.6 Å². The van der Waals surface area contributed by atoms with Crippen LogP contribution in [0.1, 0.15) is 49.8 Å². The van der Waals surface area contributed by atoms with Gasteiger partial charge in [-0.3, -0.25) is 0 Å². The summed E-state index contributed by atoms with van der Waals surface area (Å²) in [4.78, 5) is 0. The standard InChI is InChI=1S/C10H14N2O/c1-2-7(3-1)6-9-11-12-10(13-9)8-4-5-8/h7-8H,1-6H2. The van der Waals surface area contributed by atoms with Gasteiger partial charge in [0.2, 0.25) is 11.8 Å². The zero-order valence-corrected chi connectivity index (χ0v) is 7.70. The van der Waals surface area contributed by atoms with Crippen LogP contribution in [0.25, 0.3) is 0 Å². The third-order valence-corrected chi connectivity index (χ3v) is 3.10. The van der Waals surface area contributed by atoms with Crippen LogP contribution in [-0.2, 0) is 6.42 Å². The molecule has 0 spiro atoms. The Morgan fingerprint density at radius 2 is 2.00 bits per heavy atom. The number of hydrogen-bond donors (Lipinski definition) is 0. The Morgan fingerprint density at radius 3 is 2.62 bits per heavy atom. The van der Waals surface area contributed by atoms with Crippen LogP contribution in [0.4, 0.5) is 0 Å². The first-order valence-corrected chi connectivity index (χ1v) is 5.24. The van der Waals surface area contributed by atoms with E-state index in [1.165, 1.54) is 32.1 Å². The second-order valence-corrected chi connectivity index (χ2v) is 4.31. The summed E-state index contributed by atoms with van der Waals surface area (Å²) in [6, 6.07) is 0. The van der Waals surface area contributed by atoms with E-state index < -0.39 is 0 Å². The smallest absolute Gasteiger partial charge is 0.219 e. The molecule has 0 unspecified atom stereocenters. The molecule has 0 N–H and O–H groups in total. The number of aromatic nitrogens is 2. The predicted octanol–water partition coefficient (Wildman–Crippen LogP) is 2.29. The summed E-state index contributed by atoms with van der Waals surface area (Å²) < 4.78 is 5.59. The molecule has 2 saturated carbocycles. The Balaban J connectivity index is 1.66. The van der Waals surface area contributed by atoms with Crippen molar-refractivity contribution in [2.45, 2.75) is 44.4 Å². The van der Waals surface area contributed by atoms with Gasteiger partial charge in [-0.1, -0.05) is 6.42 Å². The first-order chi connectivity index (χ1) is 6.42. The summed E-state index contributed by atoms with van der Waals surface area (Å²) in [5.41, 5.74) is 0. The minimum absolute atomic E-state index is 0.600. The third-order valence-electron chi connectivity index (χ3n) is 3.10. The van der Waals surface area contributed by atoms with Crippen molar-refractivity contribution in [3.63, 3.8) is 0 Å². The average molecular weight is 178 g/mol. The SMILES string of the molecule is C1CC(Cc2nnc(C3CC3)o2)C1. The fraction of sp³-hybridized carbons (Fsp3) is 0.800. The van der Waals surface area contributed by atoms with E-state index >= 15 is 0 Å². The van der Waals surface area contributed by atoms with Crippen molar-refractivity contribution in [2.75, 3.05) is 0 Å². The molecule has 0 aromatic carbocycles. The molecule has 70 valence electrons. The van der Waals surface area contributed by atoms with E-state index in [0.717, 1.165) is 24.1 Å². The van der Waals surface area contributed by atoms with E-state index in [-0.39, 0.29) is 0 Å². The number of hydrogen-bond acceptors (Lipinski definition) is 3. The molecule has 0 bridgehead atoms. The summed E-state index contributed by atoms with van der Waals surface area (Å²) in [6.07, 6.45) is 7.58. The molecule has 2 aliphatic carbocycles. The maximum Gasteiger partial charge on any atom is 0.219 e. The topological polar surface area (TPSA) is 38.9 Å². The molecular weight excluding hydrogens is 164 g/mol. The molecule has 0 saturated heterocycles. The Morgan fingerprint density at radius 1 is 1.15 bits per heavy atom. The second-order valence-electron chi connectivity index (χ2n) is 4.31. The van der Waals surface area contributed by atoms with Crippen LogP contribution in [0.5, 0.6) is 0 Å².